The fourth-order valence-electron chi connectivity index (χ4n) is 3.80. The molecule has 0 radical (unpaired) electrons. The third-order valence-electron chi connectivity index (χ3n) is 5.37. The van der Waals surface area contributed by atoms with Crippen molar-refractivity contribution < 1.29 is 23.5 Å². The number of fused-ring (bicyclic) bond motifs is 1. The molecular weight excluding hydrogens is 387 g/mol. The normalized spacial score (nSPS) is 22.4. The van der Waals surface area contributed by atoms with Gasteiger partial charge in [0.2, 0.25) is 5.88 Å². The topological polar surface area (TPSA) is 68.7 Å². The smallest absolute Gasteiger partial charge is 0.410 e. The summed E-state index contributed by atoms with van der Waals surface area (Å²) in [6.45, 7) is 8.20. The second-order valence-electron chi connectivity index (χ2n) is 8.94. The lowest BCUT2D eigenvalue weighted by Gasteiger charge is -2.26. The number of likely N-dealkylation sites (tertiary alicyclic amines) is 1. The largest absolute Gasteiger partial charge is 0.474 e. The van der Waals surface area contributed by atoms with Crippen LogP contribution in [0, 0.1) is 17.7 Å². The first-order valence-corrected chi connectivity index (χ1v) is 10.0. The summed E-state index contributed by atoms with van der Waals surface area (Å²) in [5.74, 6) is 0.394. The Balaban J connectivity index is 1.46. The molecule has 0 N–H and O–H groups in total. The highest BCUT2D eigenvalue weighted by atomic mass is 19.1. The van der Waals surface area contributed by atoms with Crippen molar-refractivity contribution in [3.63, 3.8) is 0 Å². The zero-order valence-electron chi connectivity index (χ0n) is 17.5. The molecule has 7 heteroatoms. The molecule has 0 spiro atoms. The molecule has 1 unspecified atom stereocenters. The summed E-state index contributed by atoms with van der Waals surface area (Å²) in [4.78, 5) is 30.4. The lowest BCUT2D eigenvalue weighted by molar-refractivity contribution is 0.0252. The standard InChI is InChI=1S/C23H25FN2O4/c1-13(27)15-9-19(14-5-7-16(24)8-6-14)25-20(10-15)29-21-17-11-26(12-18(17)21)22(28)30-23(2,3)4/h5-10,17-18,21H,11-12H2,1-4H3/t17-,18+,21?. The van der Waals surface area contributed by atoms with Gasteiger partial charge in [-0.2, -0.15) is 0 Å². The average Bonchev–Trinajstić information content (AvgIpc) is 3.09. The predicted molar refractivity (Wildman–Crippen MR) is 109 cm³/mol. The molecule has 1 saturated carbocycles. The Morgan fingerprint density at radius 2 is 1.73 bits per heavy atom. The lowest BCUT2D eigenvalue weighted by atomic mass is 10.1. The van der Waals surface area contributed by atoms with Gasteiger partial charge in [0.15, 0.2) is 5.78 Å². The number of halogens is 1. The minimum absolute atomic E-state index is 0.0422. The summed E-state index contributed by atoms with van der Waals surface area (Å²) in [5, 5.41) is 0. The van der Waals surface area contributed by atoms with E-state index in [1.807, 2.05) is 20.8 Å². The fourth-order valence-corrected chi connectivity index (χ4v) is 3.80. The van der Waals surface area contributed by atoms with E-state index in [2.05, 4.69) is 4.98 Å². The molecule has 1 amide bonds. The van der Waals surface area contributed by atoms with Crippen LogP contribution in [-0.2, 0) is 4.74 Å². The Labute approximate surface area is 175 Å². The molecule has 2 heterocycles. The van der Waals surface area contributed by atoms with Crippen LogP contribution >= 0.6 is 0 Å². The molecule has 158 valence electrons. The third-order valence-corrected chi connectivity index (χ3v) is 5.37. The van der Waals surface area contributed by atoms with Crippen LogP contribution in [0.25, 0.3) is 11.3 Å². The molecular formula is C23H25FN2O4. The van der Waals surface area contributed by atoms with Crippen LogP contribution < -0.4 is 4.74 Å². The number of carbonyl (C=O) groups excluding carboxylic acids is 2. The van der Waals surface area contributed by atoms with E-state index in [4.69, 9.17) is 9.47 Å². The Hall–Kier alpha value is -2.96. The number of carbonyl (C=O) groups is 2. The number of ketones is 1. The molecule has 2 aliphatic rings. The number of rotatable bonds is 4. The molecule has 1 aliphatic carbocycles. The maximum Gasteiger partial charge on any atom is 0.410 e. The lowest BCUT2D eigenvalue weighted by Crippen LogP contribution is -2.38. The average molecular weight is 412 g/mol. The monoisotopic (exact) mass is 412 g/mol. The van der Waals surface area contributed by atoms with Gasteiger partial charge in [0.25, 0.3) is 0 Å². The van der Waals surface area contributed by atoms with Crippen molar-refractivity contribution in [3.05, 3.63) is 47.8 Å². The van der Waals surface area contributed by atoms with Crippen LogP contribution in [-0.4, -0.2) is 46.6 Å². The maximum absolute atomic E-state index is 13.2. The predicted octanol–water partition coefficient (Wildman–Crippen LogP) is 4.33. The molecule has 1 aliphatic heterocycles. The van der Waals surface area contributed by atoms with Gasteiger partial charge in [-0.15, -0.1) is 0 Å². The van der Waals surface area contributed by atoms with Crippen molar-refractivity contribution in [2.75, 3.05) is 13.1 Å². The van der Waals surface area contributed by atoms with E-state index >= 15 is 0 Å². The summed E-state index contributed by atoms with van der Waals surface area (Å²) < 4.78 is 24.8. The van der Waals surface area contributed by atoms with E-state index in [0.29, 0.717) is 35.8 Å². The first kappa shape index (κ1) is 20.3. The summed E-state index contributed by atoms with van der Waals surface area (Å²) in [7, 11) is 0. The van der Waals surface area contributed by atoms with Gasteiger partial charge in [-0.05, 0) is 58.0 Å². The Morgan fingerprint density at radius 3 is 2.30 bits per heavy atom. The highest BCUT2D eigenvalue weighted by Gasteiger charge is 2.59. The summed E-state index contributed by atoms with van der Waals surface area (Å²) in [6, 6.07) is 9.27. The van der Waals surface area contributed by atoms with E-state index in [1.165, 1.54) is 19.1 Å². The second kappa shape index (κ2) is 7.38. The second-order valence-corrected chi connectivity index (χ2v) is 8.94. The molecule has 3 atom stereocenters. The molecule has 1 aromatic carbocycles. The zero-order valence-corrected chi connectivity index (χ0v) is 17.5. The highest BCUT2D eigenvalue weighted by Crippen LogP contribution is 2.48. The maximum atomic E-state index is 13.2. The zero-order chi connectivity index (χ0) is 21.6. The van der Waals surface area contributed by atoms with Crippen molar-refractivity contribution >= 4 is 11.9 Å². The van der Waals surface area contributed by atoms with Gasteiger partial charge in [0.05, 0.1) is 5.69 Å². The number of nitrogens with zero attached hydrogens (tertiary/aromatic N) is 2. The van der Waals surface area contributed by atoms with Gasteiger partial charge in [-0.25, -0.2) is 14.2 Å². The van der Waals surface area contributed by atoms with Gasteiger partial charge >= 0.3 is 6.09 Å². The number of benzene rings is 1. The van der Waals surface area contributed by atoms with Crippen molar-refractivity contribution in [1.82, 2.24) is 9.88 Å². The highest BCUT2D eigenvalue weighted by molar-refractivity contribution is 5.95. The molecule has 4 rings (SSSR count). The van der Waals surface area contributed by atoms with Gasteiger partial charge < -0.3 is 14.4 Å². The van der Waals surface area contributed by atoms with Gasteiger partial charge in [0, 0.05) is 42.1 Å². The van der Waals surface area contributed by atoms with Crippen molar-refractivity contribution in [1.29, 1.82) is 0 Å². The summed E-state index contributed by atoms with van der Waals surface area (Å²) in [6.07, 6.45) is -0.344. The minimum atomic E-state index is -0.520. The molecule has 2 fully saturated rings. The van der Waals surface area contributed by atoms with Gasteiger partial charge in [0.1, 0.15) is 17.5 Å². The number of ether oxygens (including phenoxy) is 2. The molecule has 0 bridgehead atoms. The van der Waals surface area contributed by atoms with E-state index in [-0.39, 0.29) is 35.6 Å². The van der Waals surface area contributed by atoms with E-state index in [0.717, 1.165) is 0 Å². The van der Waals surface area contributed by atoms with Crippen LogP contribution in [0.2, 0.25) is 0 Å². The van der Waals surface area contributed by atoms with E-state index in [9.17, 15) is 14.0 Å². The van der Waals surface area contributed by atoms with Crippen molar-refractivity contribution in [2.24, 2.45) is 11.8 Å². The SMILES string of the molecule is CC(=O)c1cc(OC2[C@H]3CN(C(=O)OC(C)(C)C)C[C@@H]23)nc(-c2ccc(F)cc2)c1. The van der Waals surface area contributed by atoms with Crippen LogP contribution in [0.4, 0.5) is 9.18 Å². The van der Waals surface area contributed by atoms with Gasteiger partial charge in [-0.1, -0.05) is 0 Å². The Kier molecular flexibility index (Phi) is 5.00. The Morgan fingerprint density at radius 1 is 1.10 bits per heavy atom. The quantitative estimate of drug-likeness (QED) is 0.699. The minimum Gasteiger partial charge on any atom is -0.474 e. The summed E-state index contributed by atoms with van der Waals surface area (Å²) >= 11 is 0. The third kappa shape index (κ3) is 4.30. The number of hydrogen-bond donors (Lipinski definition) is 0. The summed E-state index contributed by atoms with van der Waals surface area (Å²) in [5.41, 5.74) is 1.23. The van der Waals surface area contributed by atoms with Crippen molar-refractivity contribution in [3.8, 4) is 17.1 Å². The van der Waals surface area contributed by atoms with Crippen LogP contribution in [0.15, 0.2) is 36.4 Å². The number of pyridine rings is 1. The fraction of sp³-hybridized carbons (Fsp3) is 0.435. The molecule has 6 nitrogen and oxygen atoms in total. The number of amides is 1. The first-order chi connectivity index (χ1) is 14.1. The molecule has 30 heavy (non-hydrogen) atoms. The van der Waals surface area contributed by atoms with Crippen LogP contribution in [0.3, 0.4) is 0 Å². The van der Waals surface area contributed by atoms with E-state index < -0.39 is 5.60 Å². The molecule has 1 aromatic heterocycles. The number of hydrogen-bond acceptors (Lipinski definition) is 5. The van der Waals surface area contributed by atoms with Crippen molar-refractivity contribution in [2.45, 2.75) is 39.4 Å². The molecule has 2 aromatic rings. The number of aromatic nitrogens is 1. The first-order valence-electron chi connectivity index (χ1n) is 10.0. The molecule has 1 saturated heterocycles. The Bertz CT molecular complexity index is 972. The number of Topliss-reactive ketones (excluding diaryl/α,β-unsaturated/α-hetero) is 1. The van der Waals surface area contributed by atoms with Crippen LogP contribution in [0.1, 0.15) is 38.1 Å². The van der Waals surface area contributed by atoms with Crippen LogP contribution in [0.5, 0.6) is 5.88 Å². The van der Waals surface area contributed by atoms with Gasteiger partial charge in [-0.3, -0.25) is 4.79 Å². The number of piperidine rings is 1. The van der Waals surface area contributed by atoms with E-state index in [1.54, 1.807) is 29.2 Å².